The molecule has 0 fully saturated rings. The van der Waals surface area contributed by atoms with E-state index in [1.165, 1.54) is 4.68 Å². The molecule has 0 aliphatic heterocycles. The van der Waals surface area contributed by atoms with Gasteiger partial charge in [0.2, 0.25) is 0 Å². The van der Waals surface area contributed by atoms with Gasteiger partial charge in [-0.25, -0.2) is 9.48 Å². The summed E-state index contributed by atoms with van der Waals surface area (Å²) in [7, 11) is 0. The van der Waals surface area contributed by atoms with E-state index in [2.05, 4.69) is 5.10 Å². The largest absolute Gasteiger partial charge is 0.350 e. The highest BCUT2D eigenvalue weighted by molar-refractivity contribution is 5.35. The maximum absolute atomic E-state index is 11.6. The number of nitrogens with zero attached hydrogens (tertiary/aromatic N) is 3. The van der Waals surface area contributed by atoms with Crippen LogP contribution in [0.3, 0.4) is 0 Å². The zero-order chi connectivity index (χ0) is 11.4. The van der Waals surface area contributed by atoms with Crippen LogP contribution in [0.2, 0.25) is 0 Å². The van der Waals surface area contributed by atoms with E-state index in [1.807, 2.05) is 45.9 Å². The van der Waals surface area contributed by atoms with Crippen LogP contribution in [0.1, 0.15) is 33.7 Å². The molecular formula is C11H17N3O. The van der Waals surface area contributed by atoms with Crippen molar-refractivity contribution in [2.24, 2.45) is 0 Å². The Balaban J connectivity index is 0.000000531. The highest BCUT2D eigenvalue weighted by atomic mass is 16.2. The van der Waals surface area contributed by atoms with E-state index in [4.69, 9.17) is 0 Å². The summed E-state index contributed by atoms with van der Waals surface area (Å²) < 4.78 is 3.02. The van der Waals surface area contributed by atoms with Crippen LogP contribution < -0.4 is 5.69 Å². The Morgan fingerprint density at radius 3 is 2.47 bits per heavy atom. The lowest BCUT2D eigenvalue weighted by atomic mass is 10.4. The molecule has 0 aromatic carbocycles. The first-order valence-corrected chi connectivity index (χ1v) is 5.26. The molecule has 0 radical (unpaired) electrons. The molecule has 0 atom stereocenters. The average molecular weight is 207 g/mol. The topological polar surface area (TPSA) is 39.3 Å². The summed E-state index contributed by atoms with van der Waals surface area (Å²) in [6.45, 7) is 7.88. The van der Waals surface area contributed by atoms with Crippen LogP contribution in [-0.4, -0.2) is 14.2 Å². The summed E-state index contributed by atoms with van der Waals surface area (Å²) in [5.74, 6) is 0. The van der Waals surface area contributed by atoms with E-state index in [-0.39, 0.29) is 11.7 Å². The lowest BCUT2D eigenvalue weighted by Gasteiger charge is -1.99. The Hall–Kier alpha value is -1.58. The number of pyridine rings is 1. The Morgan fingerprint density at radius 2 is 1.93 bits per heavy atom. The van der Waals surface area contributed by atoms with Crippen LogP contribution >= 0.6 is 0 Å². The van der Waals surface area contributed by atoms with Crippen molar-refractivity contribution < 1.29 is 0 Å². The van der Waals surface area contributed by atoms with Crippen LogP contribution in [0.25, 0.3) is 5.65 Å². The number of hydrogen-bond donors (Lipinski definition) is 0. The van der Waals surface area contributed by atoms with Gasteiger partial charge in [-0.2, -0.15) is 0 Å². The lowest BCUT2D eigenvalue weighted by Crippen LogP contribution is -2.22. The van der Waals surface area contributed by atoms with Gasteiger partial charge in [0.15, 0.2) is 5.65 Å². The van der Waals surface area contributed by atoms with Crippen molar-refractivity contribution in [3.63, 3.8) is 0 Å². The summed E-state index contributed by atoms with van der Waals surface area (Å²) in [5.41, 5.74) is 0.617. The summed E-state index contributed by atoms with van der Waals surface area (Å²) in [4.78, 5) is 11.6. The van der Waals surface area contributed by atoms with E-state index in [1.54, 1.807) is 10.6 Å². The van der Waals surface area contributed by atoms with Crippen molar-refractivity contribution in [2.75, 3.05) is 0 Å². The summed E-state index contributed by atoms with van der Waals surface area (Å²) >= 11 is 0. The molecule has 0 amide bonds. The third-order valence-electron chi connectivity index (χ3n) is 1.94. The predicted octanol–water partition coefficient (Wildman–Crippen LogP) is 2.10. The second-order valence-corrected chi connectivity index (χ2v) is 3.25. The van der Waals surface area contributed by atoms with Gasteiger partial charge < -0.3 is 0 Å². The van der Waals surface area contributed by atoms with Gasteiger partial charge in [-0.3, -0.25) is 4.40 Å². The van der Waals surface area contributed by atoms with Gasteiger partial charge in [-0.05, 0) is 26.0 Å². The number of hydrogen-bond acceptors (Lipinski definition) is 2. The lowest BCUT2D eigenvalue weighted by molar-refractivity contribution is 0.514. The first-order chi connectivity index (χ1) is 7.20. The van der Waals surface area contributed by atoms with Gasteiger partial charge in [-0.15, -0.1) is 5.10 Å². The third kappa shape index (κ3) is 2.09. The highest BCUT2D eigenvalue weighted by Crippen LogP contribution is 2.00. The van der Waals surface area contributed by atoms with Crippen LogP contribution in [-0.2, 0) is 0 Å². The zero-order valence-electron chi connectivity index (χ0n) is 9.64. The maximum atomic E-state index is 11.6. The van der Waals surface area contributed by atoms with Gasteiger partial charge in [0.1, 0.15) is 0 Å². The zero-order valence-corrected chi connectivity index (χ0v) is 9.64. The molecule has 0 spiro atoms. The quantitative estimate of drug-likeness (QED) is 0.718. The average Bonchev–Trinajstić information content (AvgIpc) is 2.60. The SMILES string of the molecule is CC.CC(C)n1nc2ccccn2c1=O. The minimum absolute atomic E-state index is 0.0781. The van der Waals surface area contributed by atoms with Crippen molar-refractivity contribution in [1.29, 1.82) is 0 Å². The fraction of sp³-hybridized carbons (Fsp3) is 0.455. The van der Waals surface area contributed by atoms with Crippen molar-refractivity contribution in [3.05, 3.63) is 34.9 Å². The molecule has 0 bridgehead atoms. The second-order valence-electron chi connectivity index (χ2n) is 3.25. The Bertz CT molecular complexity index is 482. The molecule has 0 unspecified atom stereocenters. The van der Waals surface area contributed by atoms with Crippen LogP contribution in [0.15, 0.2) is 29.2 Å². The van der Waals surface area contributed by atoms with E-state index >= 15 is 0 Å². The Kier molecular flexibility index (Phi) is 3.66. The van der Waals surface area contributed by atoms with Crippen LogP contribution in [0.4, 0.5) is 0 Å². The molecule has 2 aromatic heterocycles. The molecule has 4 nitrogen and oxygen atoms in total. The van der Waals surface area contributed by atoms with Crippen LogP contribution in [0.5, 0.6) is 0 Å². The molecule has 82 valence electrons. The fourth-order valence-electron chi connectivity index (χ4n) is 1.28. The summed E-state index contributed by atoms with van der Waals surface area (Å²) in [6.07, 6.45) is 1.73. The smallest absolute Gasteiger partial charge is 0.250 e. The molecular weight excluding hydrogens is 190 g/mol. The minimum atomic E-state index is -0.0781. The molecule has 4 heteroatoms. The predicted molar refractivity (Wildman–Crippen MR) is 61.2 cm³/mol. The van der Waals surface area contributed by atoms with Crippen LogP contribution in [0, 0.1) is 0 Å². The van der Waals surface area contributed by atoms with E-state index in [0.717, 1.165) is 0 Å². The first kappa shape index (κ1) is 11.5. The monoisotopic (exact) mass is 207 g/mol. The molecule has 2 heterocycles. The standard InChI is InChI=1S/C9H11N3O.C2H6/c1-7(2)12-9(13)11-6-4-3-5-8(11)10-12;1-2/h3-7H,1-2H3;1-2H3. The number of aromatic nitrogens is 3. The Labute approximate surface area is 89.2 Å². The number of fused-ring (bicyclic) bond motifs is 1. The van der Waals surface area contributed by atoms with Crippen molar-refractivity contribution >= 4 is 5.65 Å². The highest BCUT2D eigenvalue weighted by Gasteiger charge is 2.07. The van der Waals surface area contributed by atoms with Gasteiger partial charge in [-0.1, -0.05) is 19.9 Å². The second kappa shape index (κ2) is 4.77. The molecule has 15 heavy (non-hydrogen) atoms. The van der Waals surface area contributed by atoms with Crippen molar-refractivity contribution in [1.82, 2.24) is 14.2 Å². The molecule has 0 saturated heterocycles. The third-order valence-corrected chi connectivity index (χ3v) is 1.94. The molecule has 0 aliphatic carbocycles. The summed E-state index contributed by atoms with van der Waals surface area (Å²) in [5, 5.41) is 4.18. The first-order valence-electron chi connectivity index (χ1n) is 5.26. The molecule has 2 aromatic rings. The molecule has 2 rings (SSSR count). The Morgan fingerprint density at radius 1 is 1.27 bits per heavy atom. The summed E-state index contributed by atoms with van der Waals surface area (Å²) in [6, 6.07) is 5.61. The van der Waals surface area contributed by atoms with Gasteiger partial charge in [0.25, 0.3) is 0 Å². The minimum Gasteiger partial charge on any atom is -0.250 e. The maximum Gasteiger partial charge on any atom is 0.350 e. The van der Waals surface area contributed by atoms with Gasteiger partial charge >= 0.3 is 5.69 Å². The molecule has 0 aliphatic rings. The normalized spacial score (nSPS) is 10.2. The molecule has 0 N–H and O–H groups in total. The van der Waals surface area contributed by atoms with Gasteiger partial charge in [0.05, 0.1) is 6.04 Å². The van der Waals surface area contributed by atoms with Crippen molar-refractivity contribution in [3.8, 4) is 0 Å². The van der Waals surface area contributed by atoms with Crippen molar-refractivity contribution in [2.45, 2.75) is 33.7 Å². The fourth-order valence-corrected chi connectivity index (χ4v) is 1.28. The van der Waals surface area contributed by atoms with E-state index in [0.29, 0.717) is 5.65 Å². The number of rotatable bonds is 1. The van der Waals surface area contributed by atoms with Gasteiger partial charge in [0, 0.05) is 6.20 Å². The van der Waals surface area contributed by atoms with E-state index in [9.17, 15) is 4.79 Å². The molecule has 0 saturated carbocycles. The van der Waals surface area contributed by atoms with E-state index < -0.39 is 0 Å².